The highest BCUT2D eigenvalue weighted by molar-refractivity contribution is 5.89. The number of carbonyl (C=O) groups is 2. The summed E-state index contributed by atoms with van der Waals surface area (Å²) in [5.74, 6) is 2.07. The summed E-state index contributed by atoms with van der Waals surface area (Å²) in [6, 6.07) is 6.69. The second kappa shape index (κ2) is 13.1. The molecular weight excluding hydrogens is 528 g/mol. The molecule has 1 unspecified atom stereocenters. The zero-order chi connectivity index (χ0) is 30.6. The predicted octanol–water partition coefficient (Wildman–Crippen LogP) is 6.86. The Morgan fingerprint density at radius 3 is 1.73 bits per heavy atom. The molecule has 0 saturated carbocycles. The van der Waals surface area contributed by atoms with Crippen LogP contribution in [0.2, 0.25) is 0 Å². The molecule has 0 aromatic heterocycles. The van der Waals surface area contributed by atoms with Crippen molar-refractivity contribution < 1.29 is 38.0 Å². The number of methoxy groups -OCH3 is 4. The molecule has 0 aliphatic carbocycles. The molecule has 41 heavy (non-hydrogen) atoms. The molecule has 1 aliphatic heterocycles. The van der Waals surface area contributed by atoms with Crippen molar-refractivity contribution in [2.45, 2.75) is 72.6 Å². The number of benzene rings is 2. The number of ether oxygens (including phenoxy) is 6. The molecule has 0 radical (unpaired) electrons. The summed E-state index contributed by atoms with van der Waals surface area (Å²) in [6.45, 7) is 13.1. The molecule has 0 N–H and O–H groups in total. The lowest BCUT2D eigenvalue weighted by Gasteiger charge is -2.34. The van der Waals surface area contributed by atoms with Gasteiger partial charge in [0.25, 0.3) is 0 Å². The molecule has 1 heterocycles. The summed E-state index contributed by atoms with van der Waals surface area (Å²) in [7, 11) is 6.17. The molecule has 0 fully saturated rings. The van der Waals surface area contributed by atoms with E-state index >= 15 is 0 Å². The van der Waals surface area contributed by atoms with Gasteiger partial charge in [-0.1, -0.05) is 13.8 Å². The van der Waals surface area contributed by atoms with Crippen molar-refractivity contribution in [1.82, 2.24) is 10.0 Å². The summed E-state index contributed by atoms with van der Waals surface area (Å²) >= 11 is 0. The molecule has 3 rings (SSSR count). The van der Waals surface area contributed by atoms with Gasteiger partial charge < -0.3 is 28.4 Å². The van der Waals surface area contributed by atoms with Gasteiger partial charge in [-0.2, -0.15) is 10.0 Å². The summed E-state index contributed by atoms with van der Waals surface area (Å²) in [6.07, 6.45) is -0.479. The predicted molar refractivity (Wildman–Crippen MR) is 156 cm³/mol. The van der Waals surface area contributed by atoms with Gasteiger partial charge in [-0.15, -0.1) is 0 Å². The van der Waals surface area contributed by atoms with Crippen LogP contribution < -0.4 is 18.9 Å². The first-order valence-corrected chi connectivity index (χ1v) is 13.6. The second-order valence-electron chi connectivity index (χ2n) is 10.5. The largest absolute Gasteiger partial charge is 0.496 e. The first-order chi connectivity index (χ1) is 19.4. The lowest BCUT2D eigenvalue weighted by atomic mass is 9.92. The van der Waals surface area contributed by atoms with E-state index in [2.05, 4.69) is 13.8 Å². The van der Waals surface area contributed by atoms with E-state index in [4.69, 9.17) is 28.4 Å². The highest BCUT2D eigenvalue weighted by Gasteiger charge is 2.44. The smallest absolute Gasteiger partial charge is 0.434 e. The lowest BCUT2D eigenvalue weighted by molar-refractivity contribution is -0.0112. The molecule has 2 aromatic carbocycles. The molecule has 224 valence electrons. The Labute approximate surface area is 242 Å². The quantitative estimate of drug-likeness (QED) is 0.323. The fraction of sp³-hybridized carbons (Fsp3) is 0.484. The summed E-state index contributed by atoms with van der Waals surface area (Å²) in [4.78, 5) is 27.5. The highest BCUT2D eigenvalue weighted by Crippen LogP contribution is 2.46. The van der Waals surface area contributed by atoms with Crippen LogP contribution in [0.5, 0.6) is 23.0 Å². The van der Waals surface area contributed by atoms with Gasteiger partial charge in [0.15, 0.2) is 11.5 Å². The zero-order valence-corrected chi connectivity index (χ0v) is 25.9. The van der Waals surface area contributed by atoms with Crippen molar-refractivity contribution in [1.29, 1.82) is 0 Å². The van der Waals surface area contributed by atoms with Crippen molar-refractivity contribution in [2.75, 3.05) is 28.4 Å². The van der Waals surface area contributed by atoms with Gasteiger partial charge in [0.2, 0.25) is 5.75 Å². The number of carbonyl (C=O) groups excluding carboxylic acids is 2. The van der Waals surface area contributed by atoms with E-state index in [1.54, 1.807) is 46.9 Å². The van der Waals surface area contributed by atoms with Crippen LogP contribution in [0, 0.1) is 6.92 Å². The number of rotatable bonds is 9. The second-order valence-corrected chi connectivity index (χ2v) is 10.5. The van der Waals surface area contributed by atoms with E-state index in [0.29, 0.717) is 28.5 Å². The van der Waals surface area contributed by atoms with Crippen molar-refractivity contribution in [3.63, 3.8) is 0 Å². The van der Waals surface area contributed by atoms with Crippen LogP contribution in [0.15, 0.2) is 30.3 Å². The Bertz CT molecular complexity index is 1280. The topological polar surface area (TPSA) is 96.0 Å². The number of nitrogens with zero attached hydrogens (tertiary/aromatic N) is 2. The van der Waals surface area contributed by atoms with Crippen LogP contribution in [-0.2, 0) is 9.47 Å². The molecule has 10 nitrogen and oxygen atoms in total. The molecule has 2 amide bonds. The van der Waals surface area contributed by atoms with Crippen molar-refractivity contribution in [3.05, 3.63) is 52.6 Å². The number of hydrogen-bond donors (Lipinski definition) is 0. The van der Waals surface area contributed by atoms with Crippen molar-refractivity contribution >= 4 is 17.9 Å². The normalized spacial score (nSPS) is 14.9. The van der Waals surface area contributed by atoms with Crippen LogP contribution >= 0.6 is 0 Å². The van der Waals surface area contributed by atoms with Gasteiger partial charge in [-0.25, -0.2) is 9.59 Å². The lowest BCUT2D eigenvalue weighted by Crippen LogP contribution is -2.48. The van der Waals surface area contributed by atoms with Gasteiger partial charge in [0.1, 0.15) is 11.8 Å². The molecule has 0 bridgehead atoms. The maximum absolute atomic E-state index is 13.7. The van der Waals surface area contributed by atoms with E-state index in [9.17, 15) is 9.59 Å². The number of aryl methyl sites for hydroxylation is 1. The monoisotopic (exact) mass is 570 g/mol. The SMILES string of the molecule is COc1cc(C)c(C2C=C(c3cc(OC)c(OC)c(OC)c3)N(C(=O)OC(C)C)N2C(=O)OC(C)C)cc1C(C)C. The summed E-state index contributed by atoms with van der Waals surface area (Å²) in [5, 5.41) is 2.51. The fourth-order valence-electron chi connectivity index (χ4n) is 4.75. The third-order valence-corrected chi connectivity index (χ3v) is 6.58. The number of hydrogen-bond acceptors (Lipinski definition) is 8. The standard InChI is InChI=1S/C31H42N2O8/c1-17(2)22-15-23(20(7)12-26(22)36-8)25-16-24(21-13-27(37-9)29(39-11)28(14-21)38-10)32(30(34)40-18(3)4)33(25)31(35)41-19(5)6/h12-19,25H,1-11H3. The third kappa shape index (κ3) is 6.47. The Balaban J connectivity index is 2.36. The number of hydrazine groups is 1. The molecular formula is C31H42N2O8. The van der Waals surface area contributed by atoms with Crippen LogP contribution in [0.25, 0.3) is 5.70 Å². The van der Waals surface area contributed by atoms with Crippen LogP contribution in [0.3, 0.4) is 0 Å². The Morgan fingerprint density at radius 1 is 0.732 bits per heavy atom. The first-order valence-electron chi connectivity index (χ1n) is 13.6. The van der Waals surface area contributed by atoms with E-state index in [1.807, 2.05) is 25.1 Å². The molecule has 1 atom stereocenters. The van der Waals surface area contributed by atoms with Gasteiger partial charge >= 0.3 is 12.2 Å². The van der Waals surface area contributed by atoms with Gasteiger partial charge in [-0.3, -0.25) is 0 Å². The summed E-state index contributed by atoms with van der Waals surface area (Å²) in [5.41, 5.74) is 3.58. The zero-order valence-electron chi connectivity index (χ0n) is 25.9. The maximum atomic E-state index is 13.7. The van der Waals surface area contributed by atoms with Crippen LogP contribution in [0.1, 0.15) is 75.8 Å². The molecule has 10 heteroatoms. The molecule has 0 saturated heterocycles. The minimum absolute atomic E-state index is 0.141. The van der Waals surface area contributed by atoms with Crippen LogP contribution in [-0.4, -0.2) is 62.9 Å². The average molecular weight is 571 g/mol. The van der Waals surface area contributed by atoms with Gasteiger partial charge in [-0.05, 0) is 87.6 Å². The maximum Gasteiger partial charge on any atom is 0.434 e. The van der Waals surface area contributed by atoms with E-state index in [1.165, 1.54) is 31.3 Å². The fourth-order valence-corrected chi connectivity index (χ4v) is 4.75. The number of amides is 2. The molecule has 0 spiro atoms. The van der Waals surface area contributed by atoms with Crippen molar-refractivity contribution in [3.8, 4) is 23.0 Å². The van der Waals surface area contributed by atoms with E-state index < -0.39 is 30.4 Å². The highest BCUT2D eigenvalue weighted by atomic mass is 16.6. The first kappa shape index (κ1) is 31.4. The molecule has 2 aromatic rings. The van der Waals surface area contributed by atoms with Crippen molar-refractivity contribution in [2.24, 2.45) is 0 Å². The van der Waals surface area contributed by atoms with Gasteiger partial charge in [0, 0.05) is 5.56 Å². The van der Waals surface area contributed by atoms with E-state index in [0.717, 1.165) is 22.4 Å². The Hall–Kier alpha value is -4.08. The average Bonchev–Trinajstić information content (AvgIpc) is 3.31. The van der Waals surface area contributed by atoms with E-state index in [-0.39, 0.29) is 5.92 Å². The minimum Gasteiger partial charge on any atom is -0.496 e. The minimum atomic E-state index is -0.738. The summed E-state index contributed by atoms with van der Waals surface area (Å²) < 4.78 is 33.6. The molecule has 1 aliphatic rings. The Kier molecular flexibility index (Phi) is 10.0. The third-order valence-electron chi connectivity index (χ3n) is 6.58. The van der Waals surface area contributed by atoms with Crippen LogP contribution in [0.4, 0.5) is 9.59 Å². The van der Waals surface area contributed by atoms with Gasteiger partial charge in [0.05, 0.1) is 46.3 Å². The Morgan fingerprint density at radius 2 is 1.27 bits per heavy atom.